The summed E-state index contributed by atoms with van der Waals surface area (Å²) in [6.07, 6.45) is -1.17. The average Bonchev–Trinajstić information content (AvgIpc) is 2.12. The van der Waals surface area contributed by atoms with Crippen LogP contribution in [0.15, 0.2) is 0 Å². The summed E-state index contributed by atoms with van der Waals surface area (Å²) in [6, 6.07) is -0.599. The summed E-state index contributed by atoms with van der Waals surface area (Å²) in [4.78, 5) is 21.2. The van der Waals surface area contributed by atoms with Gasteiger partial charge < -0.3 is 9.84 Å². The lowest BCUT2D eigenvalue weighted by atomic mass is 10.4. The van der Waals surface area contributed by atoms with Crippen molar-refractivity contribution in [3.05, 3.63) is 0 Å². The third-order valence-electron chi connectivity index (χ3n) is 1.57. The summed E-state index contributed by atoms with van der Waals surface area (Å²) >= 11 is 0. The Kier molecular flexibility index (Phi) is 5.18. The molecule has 0 aromatic rings. The van der Waals surface area contributed by atoms with Crippen molar-refractivity contribution in [1.82, 2.24) is 9.03 Å². The zero-order valence-electron chi connectivity index (χ0n) is 9.13. The molecule has 9 heteroatoms. The van der Waals surface area contributed by atoms with Gasteiger partial charge in [0.1, 0.15) is 6.54 Å². The standard InChI is InChI=1S/C7H14N2O6S/c1-5(2)9(4-6(10)11)16(13,14)8-7(12)15-3/h5H,4H2,1-3H3,(H,8,12)(H,10,11). The Morgan fingerprint density at radius 2 is 1.94 bits per heavy atom. The number of amides is 1. The SMILES string of the molecule is COC(=O)NS(=O)(=O)N(CC(=O)O)C(C)C. The fourth-order valence-electron chi connectivity index (χ4n) is 0.884. The molecule has 16 heavy (non-hydrogen) atoms. The minimum atomic E-state index is -4.20. The van der Waals surface area contributed by atoms with E-state index in [1.807, 2.05) is 0 Å². The van der Waals surface area contributed by atoms with Crippen LogP contribution in [0, 0.1) is 0 Å². The molecule has 0 saturated heterocycles. The lowest BCUT2D eigenvalue weighted by molar-refractivity contribution is -0.137. The van der Waals surface area contributed by atoms with Gasteiger partial charge in [-0.25, -0.2) is 9.52 Å². The number of ether oxygens (including phenoxy) is 1. The Morgan fingerprint density at radius 3 is 2.25 bits per heavy atom. The summed E-state index contributed by atoms with van der Waals surface area (Å²) in [5.41, 5.74) is 0. The van der Waals surface area contributed by atoms with Crippen LogP contribution >= 0.6 is 0 Å². The molecule has 0 spiro atoms. The number of rotatable bonds is 5. The van der Waals surface area contributed by atoms with E-state index in [0.717, 1.165) is 7.11 Å². The first-order valence-electron chi connectivity index (χ1n) is 4.30. The van der Waals surface area contributed by atoms with Gasteiger partial charge in [-0.15, -0.1) is 0 Å². The van der Waals surface area contributed by atoms with E-state index < -0.39 is 34.9 Å². The van der Waals surface area contributed by atoms with Crippen LogP contribution in [0.4, 0.5) is 4.79 Å². The van der Waals surface area contributed by atoms with Crippen molar-refractivity contribution in [2.75, 3.05) is 13.7 Å². The number of nitrogens with zero attached hydrogens (tertiary/aromatic N) is 1. The van der Waals surface area contributed by atoms with Crippen LogP contribution in [0.5, 0.6) is 0 Å². The molecule has 0 aromatic heterocycles. The summed E-state index contributed by atoms with van der Waals surface area (Å²) < 4.78 is 29.4. The highest BCUT2D eigenvalue weighted by Crippen LogP contribution is 2.04. The first kappa shape index (κ1) is 14.6. The molecule has 0 heterocycles. The molecule has 0 saturated carbocycles. The normalized spacial score (nSPS) is 11.6. The van der Waals surface area contributed by atoms with Crippen LogP contribution < -0.4 is 4.72 Å². The van der Waals surface area contributed by atoms with Crippen molar-refractivity contribution < 1.29 is 27.9 Å². The average molecular weight is 254 g/mol. The van der Waals surface area contributed by atoms with Crippen LogP contribution in [0.1, 0.15) is 13.8 Å². The summed E-state index contributed by atoms with van der Waals surface area (Å²) in [5, 5.41) is 8.54. The van der Waals surface area contributed by atoms with Gasteiger partial charge in [0.2, 0.25) is 0 Å². The summed E-state index contributed by atoms with van der Waals surface area (Å²) in [5.74, 6) is -1.32. The molecule has 1 amide bonds. The Labute approximate surface area is 93.4 Å². The van der Waals surface area contributed by atoms with Gasteiger partial charge in [-0.3, -0.25) is 4.79 Å². The maximum atomic E-state index is 11.5. The lowest BCUT2D eigenvalue weighted by Crippen LogP contribution is -2.48. The van der Waals surface area contributed by atoms with Gasteiger partial charge in [-0.1, -0.05) is 0 Å². The number of carboxylic acid groups (broad SMARTS) is 1. The second kappa shape index (κ2) is 5.66. The van der Waals surface area contributed by atoms with Crippen LogP contribution in [0.2, 0.25) is 0 Å². The number of carbonyl (C=O) groups is 2. The van der Waals surface area contributed by atoms with Crippen LogP contribution in [0.25, 0.3) is 0 Å². The first-order chi connectivity index (χ1) is 7.20. The number of aliphatic carboxylic acids is 1. The fraction of sp³-hybridized carbons (Fsp3) is 0.714. The number of hydrogen-bond donors (Lipinski definition) is 2. The third kappa shape index (κ3) is 4.45. The first-order valence-corrected chi connectivity index (χ1v) is 5.74. The maximum Gasteiger partial charge on any atom is 0.421 e. The number of hydrogen-bond acceptors (Lipinski definition) is 5. The topological polar surface area (TPSA) is 113 Å². The number of carbonyl (C=O) groups excluding carboxylic acids is 1. The van der Waals surface area contributed by atoms with Gasteiger partial charge in [-0.05, 0) is 13.8 Å². The van der Waals surface area contributed by atoms with E-state index in [1.54, 1.807) is 4.72 Å². The van der Waals surface area contributed by atoms with Crippen molar-refractivity contribution in [3.63, 3.8) is 0 Å². The third-order valence-corrected chi connectivity index (χ3v) is 3.17. The number of nitrogens with one attached hydrogen (secondary N) is 1. The predicted octanol–water partition coefficient (Wildman–Crippen LogP) is -0.618. The molecular formula is C7H14N2O6S. The van der Waals surface area contributed by atoms with Crippen LogP contribution in [0.3, 0.4) is 0 Å². The zero-order chi connectivity index (χ0) is 12.9. The molecule has 0 unspecified atom stereocenters. The zero-order valence-corrected chi connectivity index (χ0v) is 9.94. The van der Waals surface area contributed by atoms with Crippen molar-refractivity contribution in [2.24, 2.45) is 0 Å². The number of carboxylic acids is 1. The molecule has 0 aromatic carbocycles. The summed E-state index contributed by atoms with van der Waals surface area (Å²) in [6.45, 7) is 2.24. The molecule has 0 atom stereocenters. The van der Waals surface area contributed by atoms with E-state index in [4.69, 9.17) is 5.11 Å². The molecule has 94 valence electrons. The quantitative estimate of drug-likeness (QED) is 0.676. The Bertz CT molecular complexity index is 363. The molecule has 0 aliphatic rings. The fourth-order valence-corrected chi connectivity index (χ4v) is 2.13. The second-order valence-electron chi connectivity index (χ2n) is 3.13. The van der Waals surface area contributed by atoms with Gasteiger partial charge >= 0.3 is 22.3 Å². The van der Waals surface area contributed by atoms with E-state index in [2.05, 4.69) is 4.74 Å². The molecule has 2 N–H and O–H groups in total. The molecule has 0 aliphatic carbocycles. The minimum absolute atomic E-state index is 0.599. The van der Waals surface area contributed by atoms with E-state index in [1.165, 1.54) is 13.8 Å². The molecular weight excluding hydrogens is 240 g/mol. The van der Waals surface area contributed by atoms with E-state index in [-0.39, 0.29) is 0 Å². The molecule has 0 rings (SSSR count). The van der Waals surface area contributed by atoms with Crippen LogP contribution in [-0.4, -0.2) is 49.6 Å². The summed E-state index contributed by atoms with van der Waals surface area (Å²) in [7, 11) is -3.20. The Balaban J connectivity index is 4.90. The van der Waals surface area contributed by atoms with Gasteiger partial charge in [0.15, 0.2) is 0 Å². The smallest absolute Gasteiger partial charge is 0.421 e. The molecule has 0 bridgehead atoms. The van der Waals surface area contributed by atoms with Gasteiger partial charge in [0.05, 0.1) is 7.11 Å². The van der Waals surface area contributed by atoms with E-state index in [9.17, 15) is 18.0 Å². The Hall–Kier alpha value is -1.35. The minimum Gasteiger partial charge on any atom is -0.480 e. The number of methoxy groups -OCH3 is 1. The second-order valence-corrected chi connectivity index (χ2v) is 4.75. The van der Waals surface area contributed by atoms with Crippen LogP contribution in [-0.2, 0) is 19.7 Å². The van der Waals surface area contributed by atoms with Crippen molar-refractivity contribution >= 4 is 22.3 Å². The van der Waals surface area contributed by atoms with E-state index in [0.29, 0.717) is 4.31 Å². The highest BCUT2D eigenvalue weighted by molar-refractivity contribution is 7.87. The highest BCUT2D eigenvalue weighted by atomic mass is 32.2. The monoisotopic (exact) mass is 254 g/mol. The van der Waals surface area contributed by atoms with Gasteiger partial charge in [0.25, 0.3) is 0 Å². The van der Waals surface area contributed by atoms with E-state index >= 15 is 0 Å². The van der Waals surface area contributed by atoms with Gasteiger partial charge in [0, 0.05) is 6.04 Å². The maximum absolute atomic E-state index is 11.5. The van der Waals surface area contributed by atoms with Crippen molar-refractivity contribution in [3.8, 4) is 0 Å². The molecule has 8 nitrogen and oxygen atoms in total. The predicted molar refractivity (Wildman–Crippen MR) is 53.9 cm³/mol. The molecule has 0 radical (unpaired) electrons. The molecule has 0 fully saturated rings. The van der Waals surface area contributed by atoms with Crippen molar-refractivity contribution in [2.45, 2.75) is 19.9 Å². The molecule has 0 aliphatic heterocycles. The lowest BCUT2D eigenvalue weighted by Gasteiger charge is -2.23. The Morgan fingerprint density at radius 1 is 1.44 bits per heavy atom. The van der Waals surface area contributed by atoms with Gasteiger partial charge in [-0.2, -0.15) is 12.7 Å². The largest absolute Gasteiger partial charge is 0.480 e. The highest BCUT2D eigenvalue weighted by Gasteiger charge is 2.28. The van der Waals surface area contributed by atoms with Crippen molar-refractivity contribution in [1.29, 1.82) is 0 Å².